The summed E-state index contributed by atoms with van der Waals surface area (Å²) in [4.78, 5) is 27.2. The first-order chi connectivity index (χ1) is 13.1. The molecule has 2 heterocycles. The van der Waals surface area contributed by atoms with Gasteiger partial charge >= 0.3 is 0 Å². The Hall–Kier alpha value is -2.57. The highest BCUT2D eigenvalue weighted by atomic mass is 35.5. The van der Waals surface area contributed by atoms with Gasteiger partial charge in [0.15, 0.2) is 0 Å². The fraction of sp³-hybridized carbons (Fsp3) is 0.300. The number of benzene rings is 2. The molecule has 140 valence electrons. The number of nitrogens with one attached hydrogen (secondary N) is 2. The third-order valence-corrected chi connectivity index (χ3v) is 5.19. The van der Waals surface area contributed by atoms with Gasteiger partial charge in [0, 0.05) is 25.2 Å². The number of morpholine rings is 1. The standard InChI is InChI=1S/C20H20ClN3O3/c21-15-5-3-7-17(19(15)24-8-10-27-11-9-24)23-20(26)14-12-18(25)22-16-6-2-1-4-13(14)16/h1-7,14H,8-12H2,(H,22,25)(H,23,26). The molecule has 1 unspecified atom stereocenters. The number of rotatable bonds is 3. The number of halogens is 1. The lowest BCUT2D eigenvalue weighted by Gasteiger charge is -2.32. The van der Waals surface area contributed by atoms with Crippen LogP contribution in [-0.2, 0) is 14.3 Å². The average molecular weight is 386 g/mol. The van der Waals surface area contributed by atoms with Gasteiger partial charge in [-0.15, -0.1) is 0 Å². The summed E-state index contributed by atoms with van der Waals surface area (Å²) < 4.78 is 5.41. The second-order valence-electron chi connectivity index (χ2n) is 6.62. The van der Waals surface area contributed by atoms with Crippen LogP contribution in [0.2, 0.25) is 5.02 Å². The molecule has 2 aliphatic heterocycles. The number of hydrogen-bond acceptors (Lipinski definition) is 4. The third kappa shape index (κ3) is 3.63. The van der Waals surface area contributed by atoms with Crippen LogP contribution in [0.1, 0.15) is 17.9 Å². The van der Waals surface area contributed by atoms with Gasteiger partial charge in [0.05, 0.1) is 35.5 Å². The zero-order chi connectivity index (χ0) is 18.8. The van der Waals surface area contributed by atoms with E-state index in [1.54, 1.807) is 0 Å². The van der Waals surface area contributed by atoms with Gasteiger partial charge in [-0.1, -0.05) is 35.9 Å². The second-order valence-corrected chi connectivity index (χ2v) is 7.02. The molecule has 2 aliphatic rings. The van der Waals surface area contributed by atoms with E-state index in [4.69, 9.17) is 16.3 Å². The van der Waals surface area contributed by atoms with Crippen molar-refractivity contribution in [2.24, 2.45) is 0 Å². The largest absolute Gasteiger partial charge is 0.378 e. The summed E-state index contributed by atoms with van der Waals surface area (Å²) in [5, 5.41) is 6.39. The number of ether oxygens (including phenoxy) is 1. The average Bonchev–Trinajstić information content (AvgIpc) is 2.68. The summed E-state index contributed by atoms with van der Waals surface area (Å²) >= 11 is 6.44. The second kappa shape index (κ2) is 7.58. The fourth-order valence-corrected chi connectivity index (χ4v) is 3.88. The minimum atomic E-state index is -0.536. The lowest BCUT2D eigenvalue weighted by Crippen LogP contribution is -2.37. The molecule has 0 bridgehead atoms. The summed E-state index contributed by atoms with van der Waals surface area (Å²) in [6.07, 6.45) is 0.121. The van der Waals surface area contributed by atoms with E-state index in [-0.39, 0.29) is 18.2 Å². The van der Waals surface area contributed by atoms with Gasteiger partial charge in [-0.3, -0.25) is 9.59 Å². The molecule has 7 heteroatoms. The zero-order valence-corrected chi connectivity index (χ0v) is 15.5. The number of carbonyl (C=O) groups excluding carboxylic acids is 2. The van der Waals surface area contributed by atoms with Gasteiger partial charge in [-0.05, 0) is 23.8 Å². The molecule has 0 spiro atoms. The highest BCUT2D eigenvalue weighted by Gasteiger charge is 2.31. The summed E-state index contributed by atoms with van der Waals surface area (Å²) in [5.41, 5.74) is 2.96. The van der Waals surface area contributed by atoms with Crippen LogP contribution < -0.4 is 15.5 Å². The highest BCUT2D eigenvalue weighted by molar-refractivity contribution is 6.34. The zero-order valence-electron chi connectivity index (χ0n) is 14.7. The molecule has 2 aromatic rings. The number of amides is 2. The van der Waals surface area contributed by atoms with Crippen molar-refractivity contribution in [2.45, 2.75) is 12.3 Å². The van der Waals surface area contributed by atoms with Gasteiger partial charge in [-0.2, -0.15) is 0 Å². The van der Waals surface area contributed by atoms with Gasteiger partial charge in [0.2, 0.25) is 11.8 Å². The maximum Gasteiger partial charge on any atom is 0.232 e. The number of fused-ring (bicyclic) bond motifs is 1. The summed E-state index contributed by atoms with van der Waals surface area (Å²) in [6.45, 7) is 2.66. The predicted molar refractivity (Wildman–Crippen MR) is 106 cm³/mol. The number of nitrogens with zero attached hydrogens (tertiary/aromatic N) is 1. The topological polar surface area (TPSA) is 70.7 Å². The Bertz CT molecular complexity index is 881. The molecule has 0 radical (unpaired) electrons. The fourth-order valence-electron chi connectivity index (χ4n) is 3.59. The lowest BCUT2D eigenvalue weighted by molar-refractivity contribution is -0.123. The minimum Gasteiger partial charge on any atom is -0.378 e. The molecule has 1 fully saturated rings. The quantitative estimate of drug-likeness (QED) is 0.850. The van der Waals surface area contributed by atoms with Gasteiger partial charge in [-0.25, -0.2) is 0 Å². The van der Waals surface area contributed by atoms with Crippen LogP contribution in [0.3, 0.4) is 0 Å². The third-order valence-electron chi connectivity index (χ3n) is 4.89. The summed E-state index contributed by atoms with van der Waals surface area (Å²) in [6, 6.07) is 12.9. The van der Waals surface area contributed by atoms with E-state index >= 15 is 0 Å². The first kappa shape index (κ1) is 17.8. The van der Waals surface area contributed by atoms with E-state index in [9.17, 15) is 9.59 Å². The van der Waals surface area contributed by atoms with Crippen LogP contribution in [0, 0.1) is 0 Å². The van der Waals surface area contributed by atoms with Crippen molar-refractivity contribution >= 4 is 40.5 Å². The Morgan fingerprint density at radius 1 is 1.15 bits per heavy atom. The molecule has 0 saturated carbocycles. The molecule has 1 atom stereocenters. The minimum absolute atomic E-state index is 0.121. The first-order valence-corrected chi connectivity index (χ1v) is 9.32. The number of hydrogen-bond donors (Lipinski definition) is 2. The Kier molecular flexibility index (Phi) is 5.01. The Labute approximate surface area is 162 Å². The van der Waals surface area contributed by atoms with Crippen LogP contribution >= 0.6 is 11.6 Å². The van der Waals surface area contributed by atoms with Crippen molar-refractivity contribution in [2.75, 3.05) is 41.8 Å². The molecule has 0 aromatic heterocycles. The predicted octanol–water partition coefficient (Wildman–Crippen LogP) is 3.24. The smallest absolute Gasteiger partial charge is 0.232 e. The van der Waals surface area contributed by atoms with Crippen molar-refractivity contribution in [3.05, 3.63) is 53.1 Å². The van der Waals surface area contributed by atoms with E-state index in [0.717, 1.165) is 11.3 Å². The molecule has 6 nitrogen and oxygen atoms in total. The number of para-hydroxylation sites is 2. The molecule has 4 rings (SSSR count). The monoisotopic (exact) mass is 385 g/mol. The molecule has 1 saturated heterocycles. The molecular formula is C20H20ClN3O3. The van der Waals surface area contributed by atoms with Crippen LogP contribution in [-0.4, -0.2) is 38.1 Å². The van der Waals surface area contributed by atoms with Crippen LogP contribution in [0.15, 0.2) is 42.5 Å². The van der Waals surface area contributed by atoms with Crippen molar-refractivity contribution < 1.29 is 14.3 Å². The van der Waals surface area contributed by atoms with E-state index in [1.165, 1.54) is 0 Å². The van der Waals surface area contributed by atoms with Crippen LogP contribution in [0.5, 0.6) is 0 Å². The maximum atomic E-state index is 13.0. The van der Waals surface area contributed by atoms with Crippen molar-refractivity contribution in [3.8, 4) is 0 Å². The Balaban J connectivity index is 1.62. The number of carbonyl (C=O) groups is 2. The van der Waals surface area contributed by atoms with E-state index < -0.39 is 5.92 Å². The summed E-state index contributed by atoms with van der Waals surface area (Å²) in [5.74, 6) is -0.908. The maximum absolute atomic E-state index is 13.0. The highest BCUT2D eigenvalue weighted by Crippen LogP contribution is 2.37. The SMILES string of the molecule is O=C1CC(C(=O)Nc2cccc(Cl)c2N2CCOCC2)c2ccccc2N1. The van der Waals surface area contributed by atoms with Crippen molar-refractivity contribution in [1.82, 2.24) is 0 Å². The molecule has 27 heavy (non-hydrogen) atoms. The Morgan fingerprint density at radius 2 is 1.93 bits per heavy atom. The molecule has 2 amide bonds. The van der Waals surface area contributed by atoms with Crippen LogP contribution in [0.25, 0.3) is 0 Å². The van der Waals surface area contributed by atoms with Crippen molar-refractivity contribution in [1.29, 1.82) is 0 Å². The van der Waals surface area contributed by atoms with E-state index in [2.05, 4.69) is 15.5 Å². The Morgan fingerprint density at radius 3 is 2.74 bits per heavy atom. The van der Waals surface area contributed by atoms with E-state index in [0.29, 0.717) is 42.7 Å². The molecule has 2 aromatic carbocycles. The summed E-state index contributed by atoms with van der Waals surface area (Å²) in [7, 11) is 0. The molecular weight excluding hydrogens is 366 g/mol. The molecule has 0 aliphatic carbocycles. The number of anilines is 3. The van der Waals surface area contributed by atoms with Crippen LogP contribution in [0.4, 0.5) is 17.1 Å². The van der Waals surface area contributed by atoms with Gasteiger partial charge in [0.1, 0.15) is 0 Å². The normalized spacial score (nSPS) is 19.2. The molecule has 2 N–H and O–H groups in total. The first-order valence-electron chi connectivity index (χ1n) is 8.94. The van der Waals surface area contributed by atoms with Gasteiger partial charge in [0.25, 0.3) is 0 Å². The van der Waals surface area contributed by atoms with Gasteiger partial charge < -0.3 is 20.3 Å². The van der Waals surface area contributed by atoms with Crippen molar-refractivity contribution in [3.63, 3.8) is 0 Å². The van der Waals surface area contributed by atoms with E-state index in [1.807, 2.05) is 42.5 Å². The lowest BCUT2D eigenvalue weighted by atomic mass is 9.89.